The average molecular weight is 243 g/mol. The van der Waals surface area contributed by atoms with E-state index in [4.69, 9.17) is 9.47 Å². The standard InChI is InChI=1S/C13H25NO3/c15-11-12-5-4-8-14(12)7-3-1-2-6-13-16-9-10-17-13/h12-13,15H,1-11H2/t12-/m0/s1. The monoisotopic (exact) mass is 243 g/mol. The van der Waals surface area contributed by atoms with Crippen molar-refractivity contribution in [3.63, 3.8) is 0 Å². The first-order chi connectivity index (χ1) is 8.40. The summed E-state index contributed by atoms with van der Waals surface area (Å²) >= 11 is 0. The zero-order valence-corrected chi connectivity index (χ0v) is 10.6. The molecule has 2 heterocycles. The molecule has 0 aromatic rings. The molecule has 0 aromatic carbocycles. The molecule has 1 N–H and O–H groups in total. The maximum absolute atomic E-state index is 9.21. The first-order valence-corrected chi connectivity index (χ1v) is 6.98. The van der Waals surface area contributed by atoms with Gasteiger partial charge in [-0.3, -0.25) is 4.90 Å². The van der Waals surface area contributed by atoms with Gasteiger partial charge in [-0.1, -0.05) is 6.42 Å². The predicted molar refractivity (Wildman–Crippen MR) is 65.8 cm³/mol. The van der Waals surface area contributed by atoms with Crippen LogP contribution < -0.4 is 0 Å². The molecule has 0 bridgehead atoms. The molecule has 0 unspecified atom stereocenters. The summed E-state index contributed by atoms with van der Waals surface area (Å²) < 4.78 is 10.8. The summed E-state index contributed by atoms with van der Waals surface area (Å²) in [4.78, 5) is 2.43. The highest BCUT2D eigenvalue weighted by Crippen LogP contribution is 2.18. The Morgan fingerprint density at radius 3 is 2.71 bits per heavy atom. The van der Waals surface area contributed by atoms with Gasteiger partial charge in [-0.05, 0) is 45.2 Å². The van der Waals surface area contributed by atoms with Crippen molar-refractivity contribution in [1.29, 1.82) is 0 Å². The molecule has 0 saturated carbocycles. The van der Waals surface area contributed by atoms with Crippen LogP contribution in [-0.4, -0.2) is 55.2 Å². The molecule has 2 aliphatic heterocycles. The van der Waals surface area contributed by atoms with Crippen LogP contribution in [0.15, 0.2) is 0 Å². The van der Waals surface area contributed by atoms with Gasteiger partial charge in [0.2, 0.25) is 0 Å². The SMILES string of the molecule is OC[C@@H]1CCCN1CCCCCC1OCCO1. The van der Waals surface area contributed by atoms with E-state index in [0.29, 0.717) is 12.6 Å². The molecular weight excluding hydrogens is 218 g/mol. The number of unbranched alkanes of at least 4 members (excludes halogenated alkanes) is 2. The van der Waals surface area contributed by atoms with Gasteiger partial charge in [0, 0.05) is 6.04 Å². The van der Waals surface area contributed by atoms with Gasteiger partial charge in [-0.15, -0.1) is 0 Å². The summed E-state index contributed by atoms with van der Waals surface area (Å²) in [6.45, 7) is 4.15. The molecule has 2 rings (SSSR count). The van der Waals surface area contributed by atoms with Crippen LogP contribution in [0.3, 0.4) is 0 Å². The minimum Gasteiger partial charge on any atom is -0.395 e. The van der Waals surface area contributed by atoms with Crippen molar-refractivity contribution in [2.45, 2.75) is 50.9 Å². The third-order valence-electron chi connectivity index (χ3n) is 3.79. The number of aliphatic hydroxyl groups excluding tert-OH is 1. The van der Waals surface area contributed by atoms with Crippen molar-refractivity contribution in [2.24, 2.45) is 0 Å². The van der Waals surface area contributed by atoms with Crippen LogP contribution in [0.4, 0.5) is 0 Å². The zero-order valence-electron chi connectivity index (χ0n) is 10.6. The molecule has 2 aliphatic rings. The second-order valence-corrected chi connectivity index (χ2v) is 5.04. The van der Waals surface area contributed by atoms with Crippen LogP contribution in [0.1, 0.15) is 38.5 Å². The number of ether oxygens (including phenoxy) is 2. The molecule has 17 heavy (non-hydrogen) atoms. The lowest BCUT2D eigenvalue weighted by molar-refractivity contribution is -0.0480. The number of nitrogens with zero attached hydrogens (tertiary/aromatic N) is 1. The van der Waals surface area contributed by atoms with Crippen LogP contribution in [-0.2, 0) is 9.47 Å². The van der Waals surface area contributed by atoms with Crippen molar-refractivity contribution in [3.8, 4) is 0 Å². The molecule has 0 aliphatic carbocycles. The van der Waals surface area contributed by atoms with Crippen LogP contribution in [0.2, 0.25) is 0 Å². The van der Waals surface area contributed by atoms with Gasteiger partial charge >= 0.3 is 0 Å². The van der Waals surface area contributed by atoms with Crippen LogP contribution in [0.5, 0.6) is 0 Å². The van der Waals surface area contributed by atoms with Crippen LogP contribution in [0, 0.1) is 0 Å². The Hall–Kier alpha value is -0.160. The fraction of sp³-hybridized carbons (Fsp3) is 1.00. The van der Waals surface area contributed by atoms with Crippen molar-refractivity contribution in [2.75, 3.05) is 32.9 Å². The fourth-order valence-electron chi connectivity index (χ4n) is 2.77. The van der Waals surface area contributed by atoms with E-state index in [-0.39, 0.29) is 6.29 Å². The fourth-order valence-corrected chi connectivity index (χ4v) is 2.77. The molecule has 1 atom stereocenters. The summed E-state index contributed by atoms with van der Waals surface area (Å²) in [5.74, 6) is 0. The Bertz CT molecular complexity index is 207. The van der Waals surface area contributed by atoms with Gasteiger partial charge in [0.05, 0.1) is 19.8 Å². The van der Waals surface area contributed by atoms with Crippen molar-refractivity contribution in [1.82, 2.24) is 4.90 Å². The Labute approximate surface area is 104 Å². The third kappa shape index (κ3) is 4.21. The highest BCUT2D eigenvalue weighted by Gasteiger charge is 2.22. The number of aliphatic hydroxyl groups is 1. The molecule has 0 radical (unpaired) electrons. The summed E-state index contributed by atoms with van der Waals surface area (Å²) in [5, 5.41) is 9.21. The molecule has 0 aromatic heterocycles. The normalized spacial score (nSPS) is 27.0. The van der Waals surface area contributed by atoms with Crippen molar-refractivity contribution in [3.05, 3.63) is 0 Å². The molecule has 4 heteroatoms. The average Bonchev–Trinajstić information content (AvgIpc) is 2.98. The predicted octanol–water partition coefficient (Wildman–Crippen LogP) is 1.38. The maximum Gasteiger partial charge on any atom is 0.157 e. The Morgan fingerprint density at radius 1 is 1.12 bits per heavy atom. The lowest BCUT2D eigenvalue weighted by atomic mass is 10.1. The smallest absolute Gasteiger partial charge is 0.157 e. The molecule has 2 saturated heterocycles. The Morgan fingerprint density at radius 2 is 1.94 bits per heavy atom. The second-order valence-electron chi connectivity index (χ2n) is 5.04. The van der Waals surface area contributed by atoms with E-state index < -0.39 is 0 Å². The quantitative estimate of drug-likeness (QED) is 0.686. The number of hydrogen-bond acceptors (Lipinski definition) is 4. The zero-order chi connectivity index (χ0) is 11.9. The number of hydrogen-bond donors (Lipinski definition) is 1. The van der Waals surface area contributed by atoms with E-state index in [0.717, 1.165) is 26.2 Å². The first-order valence-electron chi connectivity index (χ1n) is 6.98. The van der Waals surface area contributed by atoms with Crippen LogP contribution in [0.25, 0.3) is 0 Å². The second kappa shape index (κ2) is 7.31. The van der Waals surface area contributed by atoms with E-state index in [9.17, 15) is 5.11 Å². The molecule has 0 amide bonds. The topological polar surface area (TPSA) is 41.9 Å². The molecular formula is C13H25NO3. The molecule has 4 nitrogen and oxygen atoms in total. The van der Waals surface area contributed by atoms with Gasteiger partial charge in [-0.2, -0.15) is 0 Å². The Balaban J connectivity index is 1.48. The van der Waals surface area contributed by atoms with E-state index in [1.807, 2.05) is 0 Å². The number of rotatable bonds is 7. The lowest BCUT2D eigenvalue weighted by Gasteiger charge is -2.22. The maximum atomic E-state index is 9.21. The lowest BCUT2D eigenvalue weighted by Crippen LogP contribution is -2.32. The van der Waals surface area contributed by atoms with Crippen LogP contribution >= 0.6 is 0 Å². The van der Waals surface area contributed by atoms with Crippen molar-refractivity contribution >= 4 is 0 Å². The summed E-state index contributed by atoms with van der Waals surface area (Å²) in [6, 6.07) is 0.427. The third-order valence-corrected chi connectivity index (χ3v) is 3.79. The molecule has 2 fully saturated rings. The first kappa shape index (κ1) is 13.3. The summed E-state index contributed by atoms with van der Waals surface area (Å²) in [7, 11) is 0. The minimum atomic E-state index is 0.0620. The minimum absolute atomic E-state index is 0.0620. The summed E-state index contributed by atoms with van der Waals surface area (Å²) in [6.07, 6.45) is 7.15. The molecule has 100 valence electrons. The highest BCUT2D eigenvalue weighted by molar-refractivity contribution is 4.77. The highest BCUT2D eigenvalue weighted by atomic mass is 16.7. The van der Waals surface area contributed by atoms with E-state index >= 15 is 0 Å². The number of likely N-dealkylation sites (tertiary alicyclic amines) is 1. The molecule has 0 spiro atoms. The van der Waals surface area contributed by atoms with Gasteiger partial charge < -0.3 is 14.6 Å². The van der Waals surface area contributed by atoms with Crippen molar-refractivity contribution < 1.29 is 14.6 Å². The Kier molecular flexibility index (Phi) is 5.71. The van der Waals surface area contributed by atoms with E-state index in [2.05, 4.69) is 4.90 Å². The van der Waals surface area contributed by atoms with Gasteiger partial charge in [-0.25, -0.2) is 0 Å². The summed E-state index contributed by atoms with van der Waals surface area (Å²) in [5.41, 5.74) is 0. The van der Waals surface area contributed by atoms with E-state index in [1.165, 1.54) is 38.6 Å². The largest absolute Gasteiger partial charge is 0.395 e. The van der Waals surface area contributed by atoms with Gasteiger partial charge in [0.25, 0.3) is 0 Å². The van der Waals surface area contributed by atoms with Gasteiger partial charge in [0.1, 0.15) is 0 Å². The van der Waals surface area contributed by atoms with Gasteiger partial charge in [0.15, 0.2) is 6.29 Å². The van der Waals surface area contributed by atoms with E-state index in [1.54, 1.807) is 0 Å².